The molecule has 0 bridgehead atoms. The molecule has 9 nitrogen and oxygen atoms in total. The van der Waals surface area contributed by atoms with Crippen molar-refractivity contribution in [1.82, 2.24) is 14.8 Å². The van der Waals surface area contributed by atoms with E-state index < -0.39 is 11.5 Å². The van der Waals surface area contributed by atoms with E-state index in [0.29, 0.717) is 17.1 Å². The van der Waals surface area contributed by atoms with Crippen LogP contribution in [0.1, 0.15) is 5.56 Å². The molecular formula is C21H16F2N4O5. The van der Waals surface area contributed by atoms with Crippen molar-refractivity contribution in [3.63, 3.8) is 0 Å². The van der Waals surface area contributed by atoms with E-state index in [-0.39, 0.29) is 29.2 Å². The fraction of sp³-hybridized carbons (Fsp3) is 0.143. The van der Waals surface area contributed by atoms with Gasteiger partial charge in [-0.05, 0) is 35.9 Å². The highest BCUT2D eigenvalue weighted by Gasteiger charge is 2.18. The summed E-state index contributed by atoms with van der Waals surface area (Å²) in [6.07, 6.45) is 1.40. The molecule has 164 valence electrons. The highest BCUT2D eigenvalue weighted by atomic mass is 19.3. The molecular weight excluding hydrogens is 426 g/mol. The van der Waals surface area contributed by atoms with Gasteiger partial charge in [0.1, 0.15) is 17.2 Å². The highest BCUT2D eigenvalue weighted by Crippen LogP contribution is 2.31. The lowest BCUT2D eigenvalue weighted by atomic mass is 10.2. The number of fused-ring (bicyclic) bond motifs is 1. The maximum atomic E-state index is 12.9. The van der Waals surface area contributed by atoms with Crippen molar-refractivity contribution in [2.75, 3.05) is 7.11 Å². The smallest absolute Gasteiger partial charge is 0.388 e. The number of methoxy groups -OCH3 is 1. The Morgan fingerprint density at radius 2 is 1.75 bits per heavy atom. The molecule has 0 spiro atoms. The number of alkyl halides is 2. The largest absolute Gasteiger partial charge is 0.497 e. The van der Waals surface area contributed by atoms with Crippen molar-refractivity contribution in [3.8, 4) is 23.1 Å². The lowest BCUT2D eigenvalue weighted by Gasteiger charge is -2.06. The molecule has 0 atom stereocenters. The van der Waals surface area contributed by atoms with Gasteiger partial charge in [-0.1, -0.05) is 12.1 Å². The van der Waals surface area contributed by atoms with E-state index in [1.807, 2.05) is 12.1 Å². The van der Waals surface area contributed by atoms with E-state index in [9.17, 15) is 18.9 Å². The molecule has 0 saturated carbocycles. The predicted molar refractivity (Wildman–Crippen MR) is 109 cm³/mol. The number of rotatable bonds is 8. The fourth-order valence-electron chi connectivity index (χ4n) is 3.03. The van der Waals surface area contributed by atoms with Crippen LogP contribution in [-0.2, 0) is 6.54 Å². The number of non-ortho nitro benzene ring substituents is 1. The first-order valence-corrected chi connectivity index (χ1v) is 9.29. The van der Waals surface area contributed by atoms with E-state index in [1.54, 1.807) is 19.2 Å². The Balaban J connectivity index is 1.65. The highest BCUT2D eigenvalue weighted by molar-refractivity contribution is 5.82. The summed E-state index contributed by atoms with van der Waals surface area (Å²) in [4.78, 5) is 14.5. The summed E-state index contributed by atoms with van der Waals surface area (Å²) in [5.74, 6) is 0.949. The van der Waals surface area contributed by atoms with Crippen LogP contribution in [0.4, 0.5) is 14.5 Å². The van der Waals surface area contributed by atoms with Gasteiger partial charge in [0, 0.05) is 12.1 Å². The monoisotopic (exact) mass is 442 g/mol. The Bertz CT molecular complexity index is 1240. The number of nitro groups is 1. The van der Waals surface area contributed by atoms with Gasteiger partial charge >= 0.3 is 6.61 Å². The minimum absolute atomic E-state index is 0.0849. The van der Waals surface area contributed by atoms with Crippen LogP contribution in [0.2, 0.25) is 0 Å². The molecule has 0 N–H and O–H groups in total. The van der Waals surface area contributed by atoms with Crippen molar-refractivity contribution in [3.05, 3.63) is 76.5 Å². The number of ether oxygens (including phenoxy) is 3. The zero-order chi connectivity index (χ0) is 22.7. The SMILES string of the molecule is COc1ccc(Cn2nc(OC(F)F)c3cc(Oc4ccc([N+](=O)[O-])cc4)cnc32)cc1. The van der Waals surface area contributed by atoms with Crippen LogP contribution in [0.5, 0.6) is 23.1 Å². The van der Waals surface area contributed by atoms with Gasteiger partial charge in [-0.3, -0.25) is 10.1 Å². The third-order valence-corrected chi connectivity index (χ3v) is 4.50. The number of hydrogen-bond donors (Lipinski definition) is 0. The molecule has 0 aliphatic rings. The van der Waals surface area contributed by atoms with Gasteiger partial charge in [0.2, 0.25) is 5.88 Å². The zero-order valence-corrected chi connectivity index (χ0v) is 16.6. The number of nitrogens with zero attached hydrogens (tertiary/aromatic N) is 4. The van der Waals surface area contributed by atoms with Crippen molar-refractivity contribution >= 4 is 16.7 Å². The van der Waals surface area contributed by atoms with Crippen LogP contribution in [0, 0.1) is 10.1 Å². The van der Waals surface area contributed by atoms with E-state index in [4.69, 9.17) is 9.47 Å². The summed E-state index contributed by atoms with van der Waals surface area (Å²) in [7, 11) is 1.56. The molecule has 4 aromatic rings. The molecule has 0 radical (unpaired) electrons. The molecule has 2 heterocycles. The van der Waals surface area contributed by atoms with Crippen LogP contribution >= 0.6 is 0 Å². The number of nitro benzene ring substituents is 1. The minimum atomic E-state index is -3.07. The number of benzene rings is 2. The molecule has 0 aliphatic carbocycles. The van der Waals surface area contributed by atoms with E-state index in [1.165, 1.54) is 41.2 Å². The topological polar surface area (TPSA) is 102 Å². The number of hydrogen-bond acceptors (Lipinski definition) is 7. The molecule has 11 heteroatoms. The Morgan fingerprint density at radius 1 is 1.06 bits per heavy atom. The van der Waals surface area contributed by atoms with Gasteiger partial charge in [-0.2, -0.15) is 8.78 Å². The molecule has 32 heavy (non-hydrogen) atoms. The van der Waals surface area contributed by atoms with Crippen LogP contribution in [0.25, 0.3) is 11.0 Å². The van der Waals surface area contributed by atoms with Crippen LogP contribution in [-0.4, -0.2) is 33.4 Å². The van der Waals surface area contributed by atoms with E-state index >= 15 is 0 Å². The molecule has 0 aliphatic heterocycles. The predicted octanol–water partition coefficient (Wildman–Crippen LogP) is 4.79. The number of aromatic nitrogens is 3. The maximum Gasteiger partial charge on any atom is 0.388 e. The summed E-state index contributed by atoms with van der Waals surface area (Å²) in [5, 5.41) is 15.1. The third-order valence-electron chi connectivity index (χ3n) is 4.50. The minimum Gasteiger partial charge on any atom is -0.497 e. The first kappa shape index (κ1) is 21.0. The summed E-state index contributed by atoms with van der Waals surface area (Å²) in [6.45, 7) is -2.80. The maximum absolute atomic E-state index is 12.9. The normalized spacial score (nSPS) is 11.0. The van der Waals surface area contributed by atoms with Gasteiger partial charge in [0.15, 0.2) is 5.65 Å². The van der Waals surface area contributed by atoms with Crippen LogP contribution in [0.15, 0.2) is 60.8 Å². The first-order chi connectivity index (χ1) is 15.4. The first-order valence-electron chi connectivity index (χ1n) is 9.29. The van der Waals surface area contributed by atoms with Crippen molar-refractivity contribution in [2.45, 2.75) is 13.2 Å². The van der Waals surface area contributed by atoms with E-state index in [2.05, 4.69) is 14.8 Å². The van der Waals surface area contributed by atoms with Crippen molar-refractivity contribution in [1.29, 1.82) is 0 Å². The summed E-state index contributed by atoms with van der Waals surface area (Å²) < 4.78 is 42.7. The van der Waals surface area contributed by atoms with Crippen molar-refractivity contribution in [2.24, 2.45) is 0 Å². The number of pyridine rings is 1. The van der Waals surface area contributed by atoms with Crippen LogP contribution < -0.4 is 14.2 Å². The average molecular weight is 442 g/mol. The van der Waals surface area contributed by atoms with Crippen molar-refractivity contribution < 1.29 is 27.9 Å². The fourth-order valence-corrected chi connectivity index (χ4v) is 3.03. The van der Waals surface area contributed by atoms with Gasteiger partial charge in [-0.25, -0.2) is 9.67 Å². The Kier molecular flexibility index (Phi) is 5.79. The van der Waals surface area contributed by atoms with Gasteiger partial charge in [0.05, 0.1) is 30.2 Å². The summed E-state index contributed by atoms with van der Waals surface area (Å²) in [5.41, 5.74) is 1.10. The second-order valence-corrected chi connectivity index (χ2v) is 6.58. The van der Waals surface area contributed by atoms with Gasteiger partial charge < -0.3 is 14.2 Å². The quantitative estimate of drug-likeness (QED) is 0.286. The Hall–Kier alpha value is -4.28. The Morgan fingerprint density at radius 3 is 2.38 bits per heavy atom. The summed E-state index contributed by atoms with van der Waals surface area (Å²) >= 11 is 0. The molecule has 0 unspecified atom stereocenters. The summed E-state index contributed by atoms with van der Waals surface area (Å²) in [6, 6.07) is 14.1. The lowest BCUT2D eigenvalue weighted by molar-refractivity contribution is -0.384. The standard InChI is InChI=1S/C21H16F2N4O5/c1-30-15-6-2-13(3-7-15)12-26-19-18(20(25-26)32-21(22)23)10-17(11-24-19)31-16-8-4-14(5-9-16)27(28)29/h2-11,21H,12H2,1H3. The van der Waals surface area contributed by atoms with Crippen LogP contribution in [0.3, 0.4) is 0 Å². The zero-order valence-electron chi connectivity index (χ0n) is 16.6. The van der Waals surface area contributed by atoms with Gasteiger partial charge in [0.25, 0.3) is 5.69 Å². The molecule has 2 aromatic carbocycles. The van der Waals surface area contributed by atoms with Gasteiger partial charge in [-0.15, -0.1) is 5.10 Å². The average Bonchev–Trinajstić information content (AvgIpc) is 3.10. The second-order valence-electron chi connectivity index (χ2n) is 6.58. The molecule has 0 fully saturated rings. The molecule has 0 amide bonds. The molecule has 2 aromatic heterocycles. The third kappa shape index (κ3) is 4.56. The number of halogens is 2. The molecule has 4 rings (SSSR count). The van der Waals surface area contributed by atoms with E-state index in [0.717, 1.165) is 5.56 Å². The molecule has 0 saturated heterocycles. The Labute approximate surface area is 179 Å². The lowest BCUT2D eigenvalue weighted by Crippen LogP contribution is -2.05. The second kappa shape index (κ2) is 8.84.